The van der Waals surface area contributed by atoms with Gasteiger partial charge in [-0.1, -0.05) is 6.07 Å². The standard InChI is InChI=1S/C10H15FN2/c1-13(2)7-6-8-9(11)4-3-5-10(8)12/h3-5H,6-7,12H2,1-2H3. The van der Waals surface area contributed by atoms with Gasteiger partial charge >= 0.3 is 0 Å². The summed E-state index contributed by atoms with van der Waals surface area (Å²) in [7, 11) is 3.91. The Morgan fingerprint density at radius 3 is 2.62 bits per heavy atom. The first kappa shape index (κ1) is 9.99. The third kappa shape index (κ3) is 2.70. The number of nitrogen functional groups attached to an aromatic ring is 1. The van der Waals surface area contributed by atoms with Crippen LogP contribution in [0.25, 0.3) is 0 Å². The van der Waals surface area contributed by atoms with Crippen molar-refractivity contribution in [2.24, 2.45) is 0 Å². The van der Waals surface area contributed by atoms with E-state index in [1.807, 2.05) is 19.0 Å². The van der Waals surface area contributed by atoms with Crippen LogP contribution in [-0.2, 0) is 6.42 Å². The Balaban J connectivity index is 2.75. The number of hydrogen-bond acceptors (Lipinski definition) is 2. The number of halogens is 1. The summed E-state index contributed by atoms with van der Waals surface area (Å²) < 4.78 is 13.2. The number of nitrogens with two attached hydrogens (primary N) is 1. The second-order valence-corrected chi connectivity index (χ2v) is 3.36. The quantitative estimate of drug-likeness (QED) is 0.718. The molecule has 2 nitrogen and oxygen atoms in total. The summed E-state index contributed by atoms with van der Waals surface area (Å²) in [6, 6.07) is 4.80. The van der Waals surface area contributed by atoms with Crippen LogP contribution in [0.15, 0.2) is 18.2 Å². The molecule has 0 aliphatic heterocycles. The third-order valence-electron chi connectivity index (χ3n) is 1.96. The number of rotatable bonds is 3. The van der Waals surface area contributed by atoms with Crippen LogP contribution in [0, 0.1) is 5.82 Å². The van der Waals surface area contributed by atoms with E-state index in [-0.39, 0.29) is 5.82 Å². The predicted octanol–water partition coefficient (Wildman–Crippen LogP) is 1.51. The summed E-state index contributed by atoms with van der Waals surface area (Å²) in [5.74, 6) is -0.207. The summed E-state index contributed by atoms with van der Waals surface area (Å²) in [5.41, 5.74) is 6.81. The van der Waals surface area contributed by atoms with Gasteiger partial charge in [0, 0.05) is 17.8 Å². The highest BCUT2D eigenvalue weighted by Gasteiger charge is 2.05. The van der Waals surface area contributed by atoms with Gasteiger partial charge in [0.2, 0.25) is 0 Å². The smallest absolute Gasteiger partial charge is 0.128 e. The molecule has 1 aromatic rings. The van der Waals surface area contributed by atoms with Crippen LogP contribution < -0.4 is 5.73 Å². The van der Waals surface area contributed by atoms with Gasteiger partial charge in [0.25, 0.3) is 0 Å². The van der Waals surface area contributed by atoms with E-state index in [1.54, 1.807) is 12.1 Å². The van der Waals surface area contributed by atoms with Crippen LogP contribution in [0.5, 0.6) is 0 Å². The summed E-state index contributed by atoms with van der Waals surface area (Å²) >= 11 is 0. The zero-order valence-corrected chi connectivity index (χ0v) is 8.05. The SMILES string of the molecule is CN(C)CCc1c(N)cccc1F. The molecule has 0 atom stereocenters. The molecule has 0 amide bonds. The molecule has 0 aliphatic carbocycles. The molecule has 2 N–H and O–H groups in total. The van der Waals surface area contributed by atoms with Crippen molar-refractivity contribution in [2.75, 3.05) is 26.4 Å². The Morgan fingerprint density at radius 1 is 1.38 bits per heavy atom. The molecule has 0 aliphatic rings. The zero-order valence-electron chi connectivity index (χ0n) is 8.05. The maximum Gasteiger partial charge on any atom is 0.128 e. The van der Waals surface area contributed by atoms with Crippen LogP contribution in [0.1, 0.15) is 5.56 Å². The first-order valence-corrected chi connectivity index (χ1v) is 4.29. The molecular weight excluding hydrogens is 167 g/mol. The van der Waals surface area contributed by atoms with Gasteiger partial charge in [0.05, 0.1) is 0 Å². The van der Waals surface area contributed by atoms with Gasteiger partial charge in [-0.25, -0.2) is 4.39 Å². The number of nitrogens with zero attached hydrogens (tertiary/aromatic N) is 1. The molecule has 0 saturated heterocycles. The fourth-order valence-corrected chi connectivity index (χ4v) is 1.17. The normalized spacial score (nSPS) is 10.8. The topological polar surface area (TPSA) is 29.3 Å². The average Bonchev–Trinajstić information content (AvgIpc) is 2.03. The Kier molecular flexibility index (Phi) is 3.25. The second-order valence-electron chi connectivity index (χ2n) is 3.36. The fourth-order valence-electron chi connectivity index (χ4n) is 1.17. The Hall–Kier alpha value is -1.09. The van der Waals surface area contributed by atoms with Gasteiger partial charge in [-0.15, -0.1) is 0 Å². The third-order valence-corrected chi connectivity index (χ3v) is 1.96. The molecule has 0 bridgehead atoms. The van der Waals surface area contributed by atoms with Crippen molar-refractivity contribution in [1.29, 1.82) is 0 Å². The van der Waals surface area contributed by atoms with Crippen molar-refractivity contribution in [3.63, 3.8) is 0 Å². The Labute approximate surface area is 78.2 Å². The lowest BCUT2D eigenvalue weighted by Crippen LogP contribution is -2.16. The highest BCUT2D eigenvalue weighted by Crippen LogP contribution is 2.15. The molecule has 3 heteroatoms. The van der Waals surface area contributed by atoms with E-state index in [0.29, 0.717) is 17.7 Å². The van der Waals surface area contributed by atoms with Crippen molar-refractivity contribution in [3.8, 4) is 0 Å². The zero-order chi connectivity index (χ0) is 9.84. The summed E-state index contributed by atoms with van der Waals surface area (Å²) in [4.78, 5) is 2.01. The lowest BCUT2D eigenvalue weighted by molar-refractivity contribution is 0.410. The second kappa shape index (κ2) is 4.23. The van der Waals surface area contributed by atoms with Gasteiger partial charge < -0.3 is 10.6 Å². The molecule has 0 aromatic heterocycles. The van der Waals surface area contributed by atoms with Crippen LogP contribution in [-0.4, -0.2) is 25.5 Å². The molecular formula is C10H15FN2. The van der Waals surface area contributed by atoms with Crippen LogP contribution in [0.2, 0.25) is 0 Å². The van der Waals surface area contributed by atoms with Crippen molar-refractivity contribution in [1.82, 2.24) is 4.90 Å². The molecule has 1 rings (SSSR count). The van der Waals surface area contributed by atoms with Crippen molar-refractivity contribution >= 4 is 5.69 Å². The largest absolute Gasteiger partial charge is 0.398 e. The summed E-state index contributed by atoms with van der Waals surface area (Å²) in [6.07, 6.45) is 0.658. The van der Waals surface area contributed by atoms with E-state index in [2.05, 4.69) is 0 Å². The molecule has 0 radical (unpaired) electrons. The molecule has 0 unspecified atom stereocenters. The first-order valence-electron chi connectivity index (χ1n) is 4.29. The summed E-state index contributed by atoms with van der Waals surface area (Å²) in [5, 5.41) is 0. The molecule has 0 spiro atoms. The maximum absolute atomic E-state index is 13.2. The van der Waals surface area contributed by atoms with Crippen LogP contribution >= 0.6 is 0 Å². The molecule has 0 saturated carbocycles. The van der Waals surface area contributed by atoms with Gasteiger partial charge in [-0.05, 0) is 32.6 Å². The predicted molar refractivity (Wildman–Crippen MR) is 53.1 cm³/mol. The Morgan fingerprint density at radius 2 is 2.08 bits per heavy atom. The van der Waals surface area contributed by atoms with E-state index >= 15 is 0 Å². The lowest BCUT2D eigenvalue weighted by Gasteiger charge is -2.11. The number of likely N-dealkylation sites (N-methyl/N-ethyl adjacent to an activating group) is 1. The minimum absolute atomic E-state index is 0.207. The van der Waals surface area contributed by atoms with E-state index in [4.69, 9.17) is 5.73 Å². The molecule has 0 fully saturated rings. The lowest BCUT2D eigenvalue weighted by atomic mass is 10.1. The fraction of sp³-hybridized carbons (Fsp3) is 0.400. The van der Waals surface area contributed by atoms with Gasteiger partial charge in [0.15, 0.2) is 0 Å². The van der Waals surface area contributed by atoms with E-state index in [0.717, 1.165) is 6.54 Å². The molecule has 0 heterocycles. The van der Waals surface area contributed by atoms with Gasteiger partial charge in [0.1, 0.15) is 5.82 Å². The highest BCUT2D eigenvalue weighted by atomic mass is 19.1. The number of benzene rings is 1. The molecule has 72 valence electrons. The number of anilines is 1. The summed E-state index contributed by atoms with van der Waals surface area (Å²) in [6.45, 7) is 0.811. The van der Waals surface area contributed by atoms with Gasteiger partial charge in [-0.2, -0.15) is 0 Å². The number of hydrogen-bond donors (Lipinski definition) is 1. The minimum atomic E-state index is -0.207. The van der Waals surface area contributed by atoms with Gasteiger partial charge in [-0.3, -0.25) is 0 Å². The van der Waals surface area contributed by atoms with Crippen molar-refractivity contribution < 1.29 is 4.39 Å². The minimum Gasteiger partial charge on any atom is -0.398 e. The van der Waals surface area contributed by atoms with Crippen LogP contribution in [0.4, 0.5) is 10.1 Å². The van der Waals surface area contributed by atoms with E-state index in [9.17, 15) is 4.39 Å². The van der Waals surface area contributed by atoms with E-state index in [1.165, 1.54) is 6.07 Å². The van der Waals surface area contributed by atoms with Crippen molar-refractivity contribution in [3.05, 3.63) is 29.6 Å². The molecule has 13 heavy (non-hydrogen) atoms. The maximum atomic E-state index is 13.2. The van der Waals surface area contributed by atoms with E-state index < -0.39 is 0 Å². The highest BCUT2D eigenvalue weighted by molar-refractivity contribution is 5.47. The Bertz CT molecular complexity index is 264. The molecule has 1 aromatic carbocycles. The van der Waals surface area contributed by atoms with Crippen LogP contribution in [0.3, 0.4) is 0 Å². The monoisotopic (exact) mass is 182 g/mol. The first-order chi connectivity index (χ1) is 6.11. The average molecular weight is 182 g/mol. The van der Waals surface area contributed by atoms with Crippen molar-refractivity contribution in [2.45, 2.75) is 6.42 Å².